The van der Waals surface area contributed by atoms with Gasteiger partial charge in [0.2, 0.25) is 5.88 Å². The Labute approximate surface area is 90.7 Å². The summed E-state index contributed by atoms with van der Waals surface area (Å²) in [6.07, 6.45) is 2.71. The molecule has 0 aliphatic rings. The van der Waals surface area contributed by atoms with Crippen molar-refractivity contribution in [3.63, 3.8) is 0 Å². The highest BCUT2D eigenvalue weighted by atomic mass is 79.9. The molecule has 0 fully saturated rings. The van der Waals surface area contributed by atoms with E-state index in [1.165, 1.54) is 0 Å². The van der Waals surface area contributed by atoms with Gasteiger partial charge < -0.3 is 4.74 Å². The molecule has 69 valence electrons. The average Bonchev–Trinajstić information content (AvgIpc) is 2.19. The number of pyridine rings is 1. The predicted molar refractivity (Wildman–Crippen MR) is 57.3 cm³/mol. The molecule has 0 unspecified atom stereocenters. The van der Waals surface area contributed by atoms with Gasteiger partial charge in [-0.2, -0.15) is 0 Å². The van der Waals surface area contributed by atoms with E-state index in [9.17, 15) is 0 Å². The van der Waals surface area contributed by atoms with Gasteiger partial charge in [0.05, 0.1) is 6.20 Å². The van der Waals surface area contributed by atoms with Crippen molar-refractivity contribution in [2.45, 2.75) is 0 Å². The second-order valence-electron chi connectivity index (χ2n) is 2.66. The molecule has 0 N–H and O–H groups in total. The molecule has 2 rings (SSSR count). The van der Waals surface area contributed by atoms with Crippen molar-refractivity contribution in [3.05, 3.63) is 53.1 Å². The molecular formula is C11H7BrNO. The largest absolute Gasteiger partial charge is 0.439 e. The smallest absolute Gasteiger partial charge is 0.219 e. The van der Waals surface area contributed by atoms with Crippen molar-refractivity contribution in [1.29, 1.82) is 0 Å². The molecule has 0 spiro atoms. The lowest BCUT2D eigenvalue weighted by atomic mass is 10.3. The van der Waals surface area contributed by atoms with Crippen molar-refractivity contribution >= 4 is 15.9 Å². The average molecular weight is 249 g/mol. The molecule has 2 aromatic rings. The van der Waals surface area contributed by atoms with Gasteiger partial charge in [0.25, 0.3) is 0 Å². The Balaban J connectivity index is 2.19. The summed E-state index contributed by atoms with van der Waals surface area (Å²) >= 11 is 3.37. The minimum atomic E-state index is 0.547. The molecule has 1 heterocycles. The molecule has 1 radical (unpaired) electrons. The summed E-state index contributed by atoms with van der Waals surface area (Å²) in [5.74, 6) is 1.30. The monoisotopic (exact) mass is 248 g/mol. The first-order chi connectivity index (χ1) is 6.84. The molecule has 3 heteroatoms. The van der Waals surface area contributed by atoms with E-state index in [1.54, 1.807) is 12.1 Å². The highest BCUT2D eigenvalue weighted by molar-refractivity contribution is 9.10. The Morgan fingerprint density at radius 1 is 1.21 bits per heavy atom. The van der Waals surface area contributed by atoms with Gasteiger partial charge in [-0.3, -0.25) is 0 Å². The molecule has 2 nitrogen and oxygen atoms in total. The molecular weight excluding hydrogens is 242 g/mol. The van der Waals surface area contributed by atoms with Gasteiger partial charge in [-0.05, 0) is 24.3 Å². The van der Waals surface area contributed by atoms with Crippen molar-refractivity contribution in [2.24, 2.45) is 0 Å². The minimum absolute atomic E-state index is 0.547. The topological polar surface area (TPSA) is 22.1 Å². The number of hydrogen-bond donors (Lipinski definition) is 0. The third-order valence-corrected chi connectivity index (χ3v) is 2.10. The number of hydrogen-bond acceptors (Lipinski definition) is 2. The highest BCUT2D eigenvalue weighted by Crippen LogP contribution is 2.22. The number of nitrogens with zero attached hydrogens (tertiary/aromatic N) is 1. The van der Waals surface area contributed by atoms with Crippen LogP contribution >= 0.6 is 15.9 Å². The van der Waals surface area contributed by atoms with Crippen LogP contribution in [0.4, 0.5) is 0 Å². The number of ether oxygens (including phenoxy) is 1. The zero-order valence-electron chi connectivity index (χ0n) is 7.27. The van der Waals surface area contributed by atoms with E-state index in [2.05, 4.69) is 27.1 Å². The summed E-state index contributed by atoms with van der Waals surface area (Å²) in [4.78, 5) is 3.94. The van der Waals surface area contributed by atoms with E-state index in [1.807, 2.05) is 30.3 Å². The molecule has 1 aromatic heterocycles. The fourth-order valence-electron chi connectivity index (χ4n) is 1.02. The van der Waals surface area contributed by atoms with Crippen LogP contribution in [0.15, 0.2) is 46.9 Å². The SMILES string of the molecule is Brc1cccc(Oc2ccc[c]n2)c1. The van der Waals surface area contributed by atoms with Gasteiger partial charge in [-0.1, -0.05) is 28.1 Å². The fourth-order valence-corrected chi connectivity index (χ4v) is 1.40. The number of benzene rings is 1. The Hall–Kier alpha value is -1.35. The Morgan fingerprint density at radius 2 is 2.14 bits per heavy atom. The first-order valence-corrected chi connectivity index (χ1v) is 4.90. The number of rotatable bonds is 2. The second kappa shape index (κ2) is 4.24. The summed E-state index contributed by atoms with van der Waals surface area (Å²) in [7, 11) is 0. The van der Waals surface area contributed by atoms with Crippen molar-refractivity contribution in [3.8, 4) is 11.6 Å². The van der Waals surface area contributed by atoms with E-state index in [0.717, 1.165) is 10.2 Å². The lowest BCUT2D eigenvalue weighted by Gasteiger charge is -2.03. The van der Waals surface area contributed by atoms with E-state index < -0.39 is 0 Å². The summed E-state index contributed by atoms with van der Waals surface area (Å²) in [5, 5.41) is 0. The molecule has 0 amide bonds. The molecule has 1 aromatic carbocycles. The molecule has 0 saturated heterocycles. The van der Waals surface area contributed by atoms with E-state index in [0.29, 0.717) is 5.88 Å². The van der Waals surface area contributed by atoms with Gasteiger partial charge in [-0.25, -0.2) is 4.98 Å². The van der Waals surface area contributed by atoms with Gasteiger partial charge in [0.1, 0.15) is 5.75 Å². The maximum Gasteiger partial charge on any atom is 0.219 e. The van der Waals surface area contributed by atoms with Crippen LogP contribution in [-0.2, 0) is 0 Å². The lowest BCUT2D eigenvalue weighted by Crippen LogP contribution is -1.86. The van der Waals surface area contributed by atoms with Gasteiger partial charge >= 0.3 is 0 Å². The fraction of sp³-hybridized carbons (Fsp3) is 0. The number of halogens is 1. The summed E-state index contributed by atoms with van der Waals surface area (Å²) in [5.41, 5.74) is 0. The third kappa shape index (κ3) is 2.33. The van der Waals surface area contributed by atoms with Crippen LogP contribution in [0.2, 0.25) is 0 Å². The van der Waals surface area contributed by atoms with E-state index >= 15 is 0 Å². The van der Waals surface area contributed by atoms with Crippen LogP contribution in [0.3, 0.4) is 0 Å². The van der Waals surface area contributed by atoms with Crippen molar-refractivity contribution < 1.29 is 4.74 Å². The normalized spacial score (nSPS) is 9.79. The zero-order chi connectivity index (χ0) is 9.80. The predicted octanol–water partition coefficient (Wildman–Crippen LogP) is 3.44. The number of aromatic nitrogens is 1. The Morgan fingerprint density at radius 3 is 2.86 bits per heavy atom. The molecule has 0 bridgehead atoms. The van der Waals surface area contributed by atoms with Gasteiger partial charge in [0.15, 0.2) is 0 Å². The third-order valence-electron chi connectivity index (χ3n) is 1.60. The molecule has 0 atom stereocenters. The van der Waals surface area contributed by atoms with Crippen LogP contribution in [-0.4, -0.2) is 4.98 Å². The highest BCUT2D eigenvalue weighted by Gasteiger charge is 1.97. The van der Waals surface area contributed by atoms with Crippen LogP contribution in [0.5, 0.6) is 11.6 Å². The zero-order valence-corrected chi connectivity index (χ0v) is 8.86. The summed E-state index contributed by atoms with van der Waals surface area (Å²) in [6, 6.07) is 13.0. The van der Waals surface area contributed by atoms with Crippen LogP contribution in [0.1, 0.15) is 0 Å². The maximum absolute atomic E-state index is 5.49. The van der Waals surface area contributed by atoms with Crippen molar-refractivity contribution in [2.75, 3.05) is 0 Å². The molecule has 0 aliphatic carbocycles. The quantitative estimate of drug-likeness (QED) is 0.813. The van der Waals surface area contributed by atoms with E-state index in [4.69, 9.17) is 4.74 Å². The van der Waals surface area contributed by atoms with E-state index in [-0.39, 0.29) is 0 Å². The Bertz CT molecular complexity index is 417. The van der Waals surface area contributed by atoms with Gasteiger partial charge in [0, 0.05) is 10.5 Å². The summed E-state index contributed by atoms with van der Waals surface area (Å²) < 4.78 is 6.47. The molecule has 0 aliphatic heterocycles. The standard InChI is InChI=1S/C11H7BrNO/c12-9-4-3-5-10(8-9)14-11-6-1-2-7-13-11/h1-6,8H. The molecule has 0 saturated carbocycles. The minimum Gasteiger partial charge on any atom is -0.439 e. The van der Waals surface area contributed by atoms with Crippen molar-refractivity contribution in [1.82, 2.24) is 4.98 Å². The molecule has 14 heavy (non-hydrogen) atoms. The van der Waals surface area contributed by atoms with Crippen LogP contribution in [0.25, 0.3) is 0 Å². The Kier molecular flexibility index (Phi) is 2.79. The van der Waals surface area contributed by atoms with Crippen LogP contribution in [0, 0.1) is 6.20 Å². The second-order valence-corrected chi connectivity index (χ2v) is 3.58. The summed E-state index contributed by atoms with van der Waals surface area (Å²) in [6.45, 7) is 0. The lowest BCUT2D eigenvalue weighted by molar-refractivity contribution is 0.462. The first-order valence-electron chi connectivity index (χ1n) is 4.11. The van der Waals surface area contributed by atoms with Crippen LogP contribution < -0.4 is 4.74 Å². The van der Waals surface area contributed by atoms with Gasteiger partial charge in [-0.15, -0.1) is 0 Å². The maximum atomic E-state index is 5.49. The first kappa shape index (κ1) is 9.21.